The summed E-state index contributed by atoms with van der Waals surface area (Å²) in [4.78, 5) is 10.1. The first-order chi connectivity index (χ1) is 5.24. The van der Waals surface area contributed by atoms with Crippen LogP contribution in [0.25, 0.3) is 0 Å². The predicted octanol–water partition coefficient (Wildman–Crippen LogP) is 0.00130. The molecule has 0 amide bonds. The molecule has 1 rings (SSSR count). The minimum Gasteiger partial charge on any atom is -0.361 e. The summed E-state index contributed by atoms with van der Waals surface area (Å²) in [7, 11) is 3.84. The Kier molecular flexibility index (Phi) is 2.38. The van der Waals surface area contributed by atoms with Gasteiger partial charge in [-0.05, 0) is 0 Å². The lowest BCUT2D eigenvalue weighted by molar-refractivity contribution is 0.935. The quantitative estimate of drug-likeness (QED) is 0.648. The molecule has 0 aliphatic carbocycles. The Labute approximate surface area is 66.1 Å². The molecule has 1 heterocycles. The van der Waals surface area contributed by atoms with Crippen molar-refractivity contribution in [3.05, 3.63) is 18.1 Å². The second-order valence-electron chi connectivity index (χ2n) is 2.47. The Balaban J connectivity index is 2.91. The van der Waals surface area contributed by atoms with Crippen LogP contribution >= 0.6 is 0 Å². The van der Waals surface area contributed by atoms with Gasteiger partial charge in [0, 0.05) is 26.8 Å². The van der Waals surface area contributed by atoms with Crippen LogP contribution in [0.2, 0.25) is 0 Å². The maximum absolute atomic E-state index is 5.40. The van der Waals surface area contributed by atoms with E-state index in [0.717, 1.165) is 11.5 Å². The van der Waals surface area contributed by atoms with E-state index in [2.05, 4.69) is 9.97 Å². The fourth-order valence-corrected chi connectivity index (χ4v) is 0.709. The van der Waals surface area contributed by atoms with Gasteiger partial charge in [0.2, 0.25) is 0 Å². The fraction of sp³-hybridized carbons (Fsp3) is 0.429. The van der Waals surface area contributed by atoms with E-state index in [1.165, 1.54) is 0 Å². The first-order valence-corrected chi connectivity index (χ1v) is 3.42. The van der Waals surface area contributed by atoms with Gasteiger partial charge < -0.3 is 10.6 Å². The van der Waals surface area contributed by atoms with Crippen LogP contribution in [-0.2, 0) is 6.54 Å². The van der Waals surface area contributed by atoms with Crippen LogP contribution in [0.3, 0.4) is 0 Å². The van der Waals surface area contributed by atoms with Gasteiger partial charge in [0.05, 0.1) is 11.9 Å². The van der Waals surface area contributed by atoms with Crippen LogP contribution < -0.4 is 10.6 Å². The third-order valence-electron chi connectivity index (χ3n) is 1.34. The van der Waals surface area contributed by atoms with Gasteiger partial charge in [0.25, 0.3) is 0 Å². The first kappa shape index (κ1) is 7.94. The maximum atomic E-state index is 5.40. The van der Waals surface area contributed by atoms with Crippen LogP contribution in [0.15, 0.2) is 12.4 Å². The molecule has 0 aliphatic heterocycles. The van der Waals surface area contributed by atoms with E-state index in [1.807, 2.05) is 19.0 Å². The zero-order valence-corrected chi connectivity index (χ0v) is 6.78. The molecule has 0 saturated heterocycles. The number of anilines is 1. The molecular formula is C7H12N4. The highest BCUT2D eigenvalue weighted by Crippen LogP contribution is 2.03. The Hall–Kier alpha value is -1.16. The molecule has 0 unspecified atom stereocenters. The Bertz CT molecular complexity index is 234. The topological polar surface area (TPSA) is 55.0 Å². The van der Waals surface area contributed by atoms with E-state index in [1.54, 1.807) is 12.4 Å². The van der Waals surface area contributed by atoms with E-state index in [4.69, 9.17) is 5.73 Å². The highest BCUT2D eigenvalue weighted by Gasteiger charge is 1.97. The lowest BCUT2D eigenvalue weighted by Gasteiger charge is -2.10. The van der Waals surface area contributed by atoms with E-state index in [9.17, 15) is 0 Å². The van der Waals surface area contributed by atoms with Crippen molar-refractivity contribution in [1.29, 1.82) is 0 Å². The zero-order valence-electron chi connectivity index (χ0n) is 6.78. The van der Waals surface area contributed by atoms with Gasteiger partial charge in [-0.2, -0.15) is 0 Å². The molecule has 0 atom stereocenters. The van der Waals surface area contributed by atoms with Crippen molar-refractivity contribution in [3.63, 3.8) is 0 Å². The largest absolute Gasteiger partial charge is 0.361 e. The third-order valence-corrected chi connectivity index (χ3v) is 1.34. The SMILES string of the molecule is CN(C)c1cncc(CN)n1. The standard InChI is InChI=1S/C7H12N4/c1-11(2)7-5-9-4-6(3-8)10-7/h4-5H,3,8H2,1-2H3. The molecule has 2 N–H and O–H groups in total. The Morgan fingerprint density at radius 1 is 1.45 bits per heavy atom. The van der Waals surface area contributed by atoms with Crippen molar-refractivity contribution >= 4 is 5.82 Å². The normalized spacial score (nSPS) is 9.73. The lowest BCUT2D eigenvalue weighted by atomic mass is 10.4. The predicted molar refractivity (Wildman–Crippen MR) is 44.3 cm³/mol. The van der Waals surface area contributed by atoms with Gasteiger partial charge in [-0.1, -0.05) is 0 Å². The van der Waals surface area contributed by atoms with E-state index >= 15 is 0 Å². The van der Waals surface area contributed by atoms with E-state index < -0.39 is 0 Å². The van der Waals surface area contributed by atoms with Crippen molar-refractivity contribution in [2.45, 2.75) is 6.54 Å². The molecule has 4 heteroatoms. The highest BCUT2D eigenvalue weighted by atomic mass is 15.1. The molecule has 0 radical (unpaired) electrons. The number of nitrogens with zero attached hydrogens (tertiary/aromatic N) is 3. The highest BCUT2D eigenvalue weighted by molar-refractivity contribution is 5.33. The average Bonchev–Trinajstić information content (AvgIpc) is 2.05. The van der Waals surface area contributed by atoms with Crippen molar-refractivity contribution in [3.8, 4) is 0 Å². The van der Waals surface area contributed by atoms with E-state index in [-0.39, 0.29) is 0 Å². The van der Waals surface area contributed by atoms with Gasteiger partial charge in [0.15, 0.2) is 0 Å². The zero-order chi connectivity index (χ0) is 8.27. The van der Waals surface area contributed by atoms with Crippen LogP contribution in [0.1, 0.15) is 5.69 Å². The summed E-state index contributed by atoms with van der Waals surface area (Å²) in [6, 6.07) is 0. The molecule has 0 bridgehead atoms. The van der Waals surface area contributed by atoms with Gasteiger partial charge in [0.1, 0.15) is 5.82 Å². The summed E-state index contributed by atoms with van der Waals surface area (Å²) in [5.74, 6) is 0.841. The summed E-state index contributed by atoms with van der Waals surface area (Å²) < 4.78 is 0. The molecule has 0 aliphatic rings. The minimum atomic E-state index is 0.439. The summed E-state index contributed by atoms with van der Waals surface area (Å²) in [5, 5.41) is 0. The number of hydrogen-bond acceptors (Lipinski definition) is 4. The first-order valence-electron chi connectivity index (χ1n) is 3.42. The van der Waals surface area contributed by atoms with Gasteiger partial charge in [-0.3, -0.25) is 4.98 Å². The van der Waals surface area contributed by atoms with Crippen molar-refractivity contribution < 1.29 is 0 Å². The Morgan fingerprint density at radius 3 is 2.73 bits per heavy atom. The molecule has 0 fully saturated rings. The lowest BCUT2D eigenvalue weighted by Crippen LogP contribution is -2.12. The molecule has 0 aromatic carbocycles. The summed E-state index contributed by atoms with van der Waals surface area (Å²) >= 11 is 0. The number of hydrogen-bond donors (Lipinski definition) is 1. The Morgan fingerprint density at radius 2 is 2.18 bits per heavy atom. The van der Waals surface area contributed by atoms with Gasteiger partial charge >= 0.3 is 0 Å². The molecular weight excluding hydrogens is 140 g/mol. The molecule has 0 saturated carbocycles. The summed E-state index contributed by atoms with van der Waals surface area (Å²) in [6.07, 6.45) is 3.38. The third kappa shape index (κ3) is 1.88. The second kappa shape index (κ2) is 3.30. The molecule has 0 spiro atoms. The monoisotopic (exact) mass is 152 g/mol. The van der Waals surface area contributed by atoms with Crippen LogP contribution in [-0.4, -0.2) is 24.1 Å². The van der Waals surface area contributed by atoms with Crippen LogP contribution in [0, 0.1) is 0 Å². The molecule has 1 aromatic rings. The van der Waals surface area contributed by atoms with Crippen molar-refractivity contribution in [1.82, 2.24) is 9.97 Å². The van der Waals surface area contributed by atoms with Crippen LogP contribution in [0.5, 0.6) is 0 Å². The number of rotatable bonds is 2. The van der Waals surface area contributed by atoms with Crippen molar-refractivity contribution in [2.24, 2.45) is 5.73 Å². The maximum Gasteiger partial charge on any atom is 0.146 e. The average molecular weight is 152 g/mol. The fourth-order valence-electron chi connectivity index (χ4n) is 0.709. The molecule has 60 valence electrons. The summed E-state index contributed by atoms with van der Waals surface area (Å²) in [6.45, 7) is 0.439. The van der Waals surface area contributed by atoms with Crippen LogP contribution in [0.4, 0.5) is 5.82 Å². The number of nitrogens with two attached hydrogens (primary N) is 1. The number of aromatic nitrogens is 2. The second-order valence-corrected chi connectivity index (χ2v) is 2.47. The summed E-state index contributed by atoms with van der Waals surface area (Å²) in [5.41, 5.74) is 6.21. The minimum absolute atomic E-state index is 0.439. The molecule has 11 heavy (non-hydrogen) atoms. The van der Waals surface area contributed by atoms with Gasteiger partial charge in [-0.25, -0.2) is 4.98 Å². The van der Waals surface area contributed by atoms with Gasteiger partial charge in [-0.15, -0.1) is 0 Å². The van der Waals surface area contributed by atoms with Crippen molar-refractivity contribution in [2.75, 3.05) is 19.0 Å². The molecule has 4 nitrogen and oxygen atoms in total. The van der Waals surface area contributed by atoms with E-state index in [0.29, 0.717) is 6.54 Å². The molecule has 1 aromatic heterocycles. The smallest absolute Gasteiger partial charge is 0.146 e.